The van der Waals surface area contributed by atoms with Crippen molar-refractivity contribution in [1.82, 2.24) is 10.2 Å². The van der Waals surface area contributed by atoms with Gasteiger partial charge in [-0.2, -0.15) is 0 Å². The van der Waals surface area contributed by atoms with Crippen LogP contribution in [0.1, 0.15) is 56.4 Å². The van der Waals surface area contributed by atoms with E-state index in [-0.39, 0.29) is 17.3 Å². The van der Waals surface area contributed by atoms with E-state index in [1.807, 2.05) is 40.7 Å². The van der Waals surface area contributed by atoms with Crippen molar-refractivity contribution in [2.24, 2.45) is 0 Å². The lowest BCUT2D eigenvalue weighted by Crippen LogP contribution is -2.55. The lowest BCUT2D eigenvalue weighted by atomic mass is 10.1. The normalized spacial score (nSPS) is 12.5. The molecule has 220 valence electrons. The first-order chi connectivity index (χ1) is 19.1. The SMILES string of the molecule is CC[C@H](C(=O)NC(C)(C)C)N(Cc1ccc(F)cc1)C(=O)CN(c1ccc(C)cc1C)S(=O)(=O)c1ccc(C)cc1. The van der Waals surface area contributed by atoms with Crippen molar-refractivity contribution in [3.8, 4) is 0 Å². The van der Waals surface area contributed by atoms with Crippen molar-refractivity contribution < 1.29 is 22.4 Å². The maximum absolute atomic E-state index is 14.1. The van der Waals surface area contributed by atoms with Gasteiger partial charge < -0.3 is 10.2 Å². The Morgan fingerprint density at radius 1 is 0.902 bits per heavy atom. The Bertz CT molecular complexity index is 1480. The highest BCUT2D eigenvalue weighted by molar-refractivity contribution is 7.92. The molecule has 1 N–H and O–H groups in total. The van der Waals surface area contributed by atoms with Crippen LogP contribution >= 0.6 is 0 Å². The molecule has 0 saturated heterocycles. The third kappa shape index (κ3) is 8.16. The first-order valence-corrected chi connectivity index (χ1v) is 15.1. The molecule has 0 aliphatic heterocycles. The summed E-state index contributed by atoms with van der Waals surface area (Å²) in [4.78, 5) is 29.0. The van der Waals surface area contributed by atoms with Gasteiger partial charge in [0.2, 0.25) is 11.8 Å². The average molecular weight is 582 g/mol. The standard InChI is InChI=1S/C32H40FN3O4S/c1-8-28(31(38)34-32(5,6)7)35(20-25-12-14-26(33)15-13-25)30(37)21-36(29-18-11-23(3)19-24(29)4)41(39,40)27-16-9-22(2)10-17-27/h9-19,28H,8,20-21H2,1-7H3,(H,34,38)/t28-/m1/s1. The van der Waals surface area contributed by atoms with Gasteiger partial charge in [-0.1, -0.05) is 54.4 Å². The van der Waals surface area contributed by atoms with Crippen molar-refractivity contribution >= 4 is 27.5 Å². The maximum atomic E-state index is 14.1. The molecule has 0 radical (unpaired) electrons. The summed E-state index contributed by atoms with van der Waals surface area (Å²) in [6.07, 6.45) is 0.295. The number of hydrogen-bond donors (Lipinski definition) is 1. The van der Waals surface area contributed by atoms with Crippen molar-refractivity contribution in [3.05, 3.63) is 94.8 Å². The van der Waals surface area contributed by atoms with Crippen LogP contribution in [0.2, 0.25) is 0 Å². The molecule has 1 atom stereocenters. The van der Waals surface area contributed by atoms with Crippen LogP contribution in [0.15, 0.2) is 71.6 Å². The van der Waals surface area contributed by atoms with Crippen molar-refractivity contribution in [1.29, 1.82) is 0 Å². The monoisotopic (exact) mass is 581 g/mol. The smallest absolute Gasteiger partial charge is 0.264 e. The van der Waals surface area contributed by atoms with E-state index in [2.05, 4.69) is 5.32 Å². The zero-order valence-electron chi connectivity index (χ0n) is 24.9. The number of rotatable bonds is 10. The lowest BCUT2D eigenvalue weighted by Gasteiger charge is -2.35. The molecule has 0 aliphatic carbocycles. The molecule has 0 spiro atoms. The van der Waals surface area contributed by atoms with E-state index < -0.39 is 39.9 Å². The number of hydrogen-bond acceptors (Lipinski definition) is 4. The molecule has 0 heterocycles. The zero-order chi connectivity index (χ0) is 30.5. The fraction of sp³-hybridized carbons (Fsp3) is 0.375. The zero-order valence-corrected chi connectivity index (χ0v) is 25.7. The molecule has 0 aromatic heterocycles. The minimum Gasteiger partial charge on any atom is -0.350 e. The molecule has 9 heteroatoms. The average Bonchev–Trinajstić information content (AvgIpc) is 2.87. The van der Waals surface area contributed by atoms with Crippen molar-refractivity contribution in [2.75, 3.05) is 10.8 Å². The number of anilines is 1. The van der Waals surface area contributed by atoms with Gasteiger partial charge in [0.15, 0.2) is 0 Å². The Kier molecular flexibility index (Phi) is 9.97. The summed E-state index contributed by atoms with van der Waals surface area (Å²) in [5.74, 6) is -1.33. The minimum absolute atomic E-state index is 0.000478. The number of carbonyl (C=O) groups is 2. The van der Waals surface area contributed by atoms with Crippen LogP contribution in [0.25, 0.3) is 0 Å². The molecule has 0 saturated carbocycles. The van der Waals surface area contributed by atoms with Crippen LogP contribution in [0.3, 0.4) is 0 Å². The van der Waals surface area contributed by atoms with Gasteiger partial charge in [0.25, 0.3) is 10.0 Å². The fourth-order valence-corrected chi connectivity index (χ4v) is 6.07. The van der Waals surface area contributed by atoms with E-state index in [0.29, 0.717) is 23.2 Å². The Morgan fingerprint density at radius 3 is 2.02 bits per heavy atom. The highest BCUT2D eigenvalue weighted by Gasteiger charge is 2.35. The molecule has 0 fully saturated rings. The Labute approximate surface area is 243 Å². The van der Waals surface area contributed by atoms with Gasteiger partial charge in [0.1, 0.15) is 18.4 Å². The van der Waals surface area contributed by atoms with Crippen LogP contribution in [0.4, 0.5) is 10.1 Å². The number of aryl methyl sites for hydroxylation is 3. The number of nitrogens with zero attached hydrogens (tertiary/aromatic N) is 2. The van der Waals surface area contributed by atoms with E-state index >= 15 is 0 Å². The largest absolute Gasteiger partial charge is 0.350 e. The molecule has 0 unspecified atom stereocenters. The summed E-state index contributed by atoms with van der Waals surface area (Å²) in [6.45, 7) is 12.4. The number of sulfonamides is 1. The second-order valence-corrected chi connectivity index (χ2v) is 13.3. The van der Waals surface area contributed by atoms with Crippen LogP contribution in [0.5, 0.6) is 0 Å². The minimum atomic E-state index is -4.16. The van der Waals surface area contributed by atoms with Crippen LogP contribution < -0.4 is 9.62 Å². The summed E-state index contributed by atoms with van der Waals surface area (Å²) in [6, 6.07) is 16.6. The number of halogens is 1. The maximum Gasteiger partial charge on any atom is 0.264 e. The highest BCUT2D eigenvalue weighted by atomic mass is 32.2. The summed E-state index contributed by atoms with van der Waals surface area (Å²) < 4.78 is 42.8. The van der Waals surface area contributed by atoms with E-state index in [1.165, 1.54) is 29.2 Å². The van der Waals surface area contributed by atoms with Gasteiger partial charge in [0, 0.05) is 12.1 Å². The molecule has 2 amide bonds. The first-order valence-electron chi connectivity index (χ1n) is 13.6. The molecular formula is C32H40FN3O4S. The second kappa shape index (κ2) is 12.9. The first kappa shape index (κ1) is 31.8. The molecule has 7 nitrogen and oxygen atoms in total. The molecule has 3 aromatic carbocycles. The molecule has 3 aromatic rings. The van der Waals surface area contributed by atoms with Gasteiger partial charge in [0.05, 0.1) is 10.6 Å². The summed E-state index contributed by atoms with van der Waals surface area (Å²) in [5, 5.41) is 2.94. The Balaban J connectivity index is 2.10. The molecule has 3 rings (SSSR count). The van der Waals surface area contributed by atoms with Crippen LogP contribution in [0, 0.1) is 26.6 Å². The lowest BCUT2D eigenvalue weighted by molar-refractivity contribution is -0.141. The second-order valence-electron chi connectivity index (χ2n) is 11.4. The third-order valence-corrected chi connectivity index (χ3v) is 8.43. The molecule has 0 aliphatic rings. The van der Waals surface area contributed by atoms with Crippen molar-refractivity contribution in [3.63, 3.8) is 0 Å². The van der Waals surface area contributed by atoms with Crippen LogP contribution in [-0.4, -0.2) is 43.3 Å². The summed E-state index contributed by atoms with van der Waals surface area (Å²) in [5.41, 5.74) is 2.98. The fourth-order valence-electron chi connectivity index (χ4n) is 4.59. The Morgan fingerprint density at radius 2 is 1.49 bits per heavy atom. The Hall–Kier alpha value is -3.72. The number of benzene rings is 3. The number of amides is 2. The van der Waals surface area contributed by atoms with Gasteiger partial charge >= 0.3 is 0 Å². The van der Waals surface area contributed by atoms with E-state index in [9.17, 15) is 22.4 Å². The predicted octanol–water partition coefficient (Wildman–Crippen LogP) is 5.67. The quantitative estimate of drug-likeness (QED) is 0.334. The van der Waals surface area contributed by atoms with Gasteiger partial charge in [-0.05, 0) is 89.4 Å². The van der Waals surface area contributed by atoms with E-state index in [4.69, 9.17) is 0 Å². The molecule has 0 bridgehead atoms. The van der Waals surface area contributed by atoms with E-state index in [0.717, 1.165) is 15.4 Å². The third-order valence-electron chi connectivity index (χ3n) is 6.66. The van der Waals surface area contributed by atoms with Gasteiger partial charge in [-0.25, -0.2) is 12.8 Å². The van der Waals surface area contributed by atoms with Gasteiger partial charge in [-0.15, -0.1) is 0 Å². The number of nitrogens with one attached hydrogen (secondary N) is 1. The molecular weight excluding hydrogens is 541 g/mol. The van der Waals surface area contributed by atoms with E-state index in [1.54, 1.807) is 50.2 Å². The van der Waals surface area contributed by atoms with Gasteiger partial charge in [-0.3, -0.25) is 13.9 Å². The van der Waals surface area contributed by atoms with Crippen molar-refractivity contribution in [2.45, 2.75) is 77.9 Å². The summed E-state index contributed by atoms with van der Waals surface area (Å²) in [7, 11) is -4.16. The predicted molar refractivity (Wildman–Crippen MR) is 161 cm³/mol. The highest BCUT2D eigenvalue weighted by Crippen LogP contribution is 2.28. The number of carbonyl (C=O) groups excluding carboxylic acids is 2. The summed E-state index contributed by atoms with van der Waals surface area (Å²) >= 11 is 0. The topological polar surface area (TPSA) is 86.8 Å². The molecule has 41 heavy (non-hydrogen) atoms. The van der Waals surface area contributed by atoms with Crippen LogP contribution in [-0.2, 0) is 26.2 Å².